The fraction of sp³-hybridized carbons (Fsp3) is 0.250. The number of hydrogen-bond acceptors (Lipinski definition) is 1. The summed E-state index contributed by atoms with van der Waals surface area (Å²) in [5, 5.41) is 3.20. The van der Waals surface area contributed by atoms with E-state index in [4.69, 9.17) is 0 Å². The summed E-state index contributed by atoms with van der Waals surface area (Å²) in [4.78, 5) is 0. The Morgan fingerprint density at radius 1 is 0.950 bits per heavy atom. The van der Waals surface area contributed by atoms with Crippen molar-refractivity contribution in [1.82, 2.24) is 5.32 Å². The highest BCUT2D eigenvalue weighted by Gasteiger charge is 2.06. The van der Waals surface area contributed by atoms with E-state index < -0.39 is 11.6 Å². The SMILES string of the molecule is CC(NCCc1cc(F)cc(F)c1)c1cccc(F)c1. The molecule has 2 aromatic rings. The number of benzene rings is 2. The third kappa shape index (κ3) is 4.10. The summed E-state index contributed by atoms with van der Waals surface area (Å²) in [6.07, 6.45) is 0.508. The Morgan fingerprint density at radius 3 is 2.30 bits per heavy atom. The van der Waals surface area contributed by atoms with Gasteiger partial charge in [-0.1, -0.05) is 12.1 Å². The molecular formula is C16H16F3N. The van der Waals surface area contributed by atoms with Gasteiger partial charge in [-0.2, -0.15) is 0 Å². The van der Waals surface area contributed by atoms with Gasteiger partial charge in [0, 0.05) is 12.1 Å². The summed E-state index contributed by atoms with van der Waals surface area (Å²) in [6, 6.07) is 9.82. The van der Waals surface area contributed by atoms with Gasteiger partial charge >= 0.3 is 0 Å². The first-order valence-electron chi connectivity index (χ1n) is 6.48. The van der Waals surface area contributed by atoms with Crippen molar-refractivity contribution in [3.05, 3.63) is 71.0 Å². The molecule has 0 spiro atoms. The van der Waals surface area contributed by atoms with E-state index in [1.54, 1.807) is 6.07 Å². The average Bonchev–Trinajstić information content (AvgIpc) is 2.37. The van der Waals surface area contributed by atoms with Crippen molar-refractivity contribution in [2.24, 2.45) is 0 Å². The van der Waals surface area contributed by atoms with Gasteiger partial charge in [0.25, 0.3) is 0 Å². The number of hydrogen-bond donors (Lipinski definition) is 1. The van der Waals surface area contributed by atoms with E-state index in [0.717, 1.165) is 11.6 Å². The van der Waals surface area contributed by atoms with E-state index in [1.807, 2.05) is 13.0 Å². The fourth-order valence-electron chi connectivity index (χ4n) is 2.08. The van der Waals surface area contributed by atoms with Crippen LogP contribution in [0.1, 0.15) is 24.1 Å². The monoisotopic (exact) mass is 279 g/mol. The van der Waals surface area contributed by atoms with Crippen LogP contribution in [-0.2, 0) is 6.42 Å². The zero-order valence-corrected chi connectivity index (χ0v) is 11.2. The summed E-state index contributed by atoms with van der Waals surface area (Å²) in [6.45, 7) is 2.47. The van der Waals surface area contributed by atoms with Gasteiger partial charge in [-0.3, -0.25) is 0 Å². The molecule has 2 rings (SSSR count). The number of rotatable bonds is 5. The van der Waals surface area contributed by atoms with Crippen LogP contribution in [-0.4, -0.2) is 6.54 Å². The lowest BCUT2D eigenvalue weighted by molar-refractivity contribution is 0.558. The number of halogens is 3. The second kappa shape index (κ2) is 6.57. The zero-order chi connectivity index (χ0) is 14.5. The van der Waals surface area contributed by atoms with Gasteiger partial charge in [0.15, 0.2) is 0 Å². The third-order valence-electron chi connectivity index (χ3n) is 3.14. The first-order chi connectivity index (χ1) is 9.54. The van der Waals surface area contributed by atoms with Crippen LogP contribution in [0.4, 0.5) is 13.2 Å². The maximum absolute atomic E-state index is 13.1. The van der Waals surface area contributed by atoms with Crippen LogP contribution in [0.25, 0.3) is 0 Å². The molecule has 0 fully saturated rings. The van der Waals surface area contributed by atoms with E-state index in [9.17, 15) is 13.2 Å². The molecule has 0 saturated carbocycles. The lowest BCUT2D eigenvalue weighted by atomic mass is 10.1. The van der Waals surface area contributed by atoms with Crippen LogP contribution >= 0.6 is 0 Å². The van der Waals surface area contributed by atoms with Crippen molar-refractivity contribution in [1.29, 1.82) is 0 Å². The summed E-state index contributed by atoms with van der Waals surface area (Å²) in [5.74, 6) is -1.42. The summed E-state index contributed by atoms with van der Waals surface area (Å²) in [5.41, 5.74) is 1.44. The molecule has 2 aromatic carbocycles. The molecule has 1 unspecified atom stereocenters. The van der Waals surface area contributed by atoms with E-state index in [-0.39, 0.29) is 11.9 Å². The molecule has 1 N–H and O–H groups in total. The summed E-state index contributed by atoms with van der Waals surface area (Å²) in [7, 11) is 0. The molecule has 0 saturated heterocycles. The lowest BCUT2D eigenvalue weighted by Gasteiger charge is -2.14. The smallest absolute Gasteiger partial charge is 0.126 e. The van der Waals surface area contributed by atoms with Gasteiger partial charge in [0.1, 0.15) is 17.5 Å². The maximum Gasteiger partial charge on any atom is 0.126 e. The van der Waals surface area contributed by atoms with Gasteiger partial charge in [0.05, 0.1) is 0 Å². The maximum atomic E-state index is 13.1. The first-order valence-corrected chi connectivity index (χ1v) is 6.48. The predicted octanol–water partition coefficient (Wildman–Crippen LogP) is 4.00. The largest absolute Gasteiger partial charge is 0.310 e. The van der Waals surface area contributed by atoms with Gasteiger partial charge in [-0.15, -0.1) is 0 Å². The van der Waals surface area contributed by atoms with Gasteiger partial charge < -0.3 is 5.32 Å². The van der Waals surface area contributed by atoms with Gasteiger partial charge in [0.2, 0.25) is 0 Å². The van der Waals surface area contributed by atoms with Crippen LogP contribution in [0.15, 0.2) is 42.5 Å². The molecule has 0 aliphatic heterocycles. The lowest BCUT2D eigenvalue weighted by Crippen LogP contribution is -2.21. The molecule has 1 nitrogen and oxygen atoms in total. The topological polar surface area (TPSA) is 12.0 Å². The predicted molar refractivity (Wildman–Crippen MR) is 72.9 cm³/mol. The molecule has 4 heteroatoms. The standard InChI is InChI=1S/C16H16F3N/c1-11(13-3-2-4-14(17)9-13)20-6-5-12-7-15(18)10-16(19)8-12/h2-4,7-11,20H,5-6H2,1H3. The minimum Gasteiger partial charge on any atom is -0.310 e. The van der Waals surface area contributed by atoms with Crippen LogP contribution in [0, 0.1) is 17.5 Å². The fourth-order valence-corrected chi connectivity index (χ4v) is 2.08. The molecule has 0 heterocycles. The molecule has 0 bridgehead atoms. The van der Waals surface area contributed by atoms with Gasteiger partial charge in [-0.05, 0) is 55.3 Å². The highest BCUT2D eigenvalue weighted by Crippen LogP contribution is 2.14. The number of nitrogens with one attached hydrogen (secondary N) is 1. The molecular weight excluding hydrogens is 263 g/mol. The Balaban J connectivity index is 1.89. The summed E-state index contributed by atoms with van der Waals surface area (Å²) < 4.78 is 39.1. The molecule has 0 aliphatic carbocycles. The quantitative estimate of drug-likeness (QED) is 0.872. The van der Waals surface area contributed by atoms with E-state index in [2.05, 4.69) is 5.32 Å². The second-order valence-corrected chi connectivity index (χ2v) is 4.76. The van der Waals surface area contributed by atoms with Crippen LogP contribution in [0.3, 0.4) is 0 Å². The van der Waals surface area contributed by atoms with Crippen molar-refractivity contribution in [3.63, 3.8) is 0 Å². The highest BCUT2D eigenvalue weighted by molar-refractivity contribution is 5.20. The minimum atomic E-state index is -0.571. The zero-order valence-electron chi connectivity index (χ0n) is 11.2. The first kappa shape index (κ1) is 14.6. The van der Waals surface area contributed by atoms with Crippen molar-refractivity contribution >= 4 is 0 Å². The average molecular weight is 279 g/mol. The Bertz CT molecular complexity index is 563. The Kier molecular flexibility index (Phi) is 4.79. The van der Waals surface area contributed by atoms with E-state index in [0.29, 0.717) is 18.5 Å². The molecule has 0 radical (unpaired) electrons. The van der Waals surface area contributed by atoms with Crippen LogP contribution < -0.4 is 5.32 Å². The normalized spacial score (nSPS) is 12.4. The molecule has 0 amide bonds. The molecule has 0 aromatic heterocycles. The van der Waals surface area contributed by atoms with E-state index >= 15 is 0 Å². The second-order valence-electron chi connectivity index (χ2n) is 4.76. The molecule has 106 valence electrons. The molecule has 0 aliphatic rings. The molecule has 20 heavy (non-hydrogen) atoms. The van der Waals surface area contributed by atoms with Crippen LogP contribution in [0.2, 0.25) is 0 Å². The van der Waals surface area contributed by atoms with Crippen molar-refractivity contribution < 1.29 is 13.2 Å². The van der Waals surface area contributed by atoms with Crippen molar-refractivity contribution in [2.45, 2.75) is 19.4 Å². The highest BCUT2D eigenvalue weighted by atomic mass is 19.1. The Hall–Kier alpha value is -1.81. The van der Waals surface area contributed by atoms with E-state index in [1.165, 1.54) is 24.3 Å². The Morgan fingerprint density at radius 2 is 1.65 bits per heavy atom. The van der Waals surface area contributed by atoms with Gasteiger partial charge in [-0.25, -0.2) is 13.2 Å². The van der Waals surface area contributed by atoms with Crippen molar-refractivity contribution in [2.75, 3.05) is 6.54 Å². The van der Waals surface area contributed by atoms with Crippen LogP contribution in [0.5, 0.6) is 0 Å². The molecule has 1 atom stereocenters. The van der Waals surface area contributed by atoms with Crippen molar-refractivity contribution in [3.8, 4) is 0 Å². The minimum absolute atomic E-state index is 0.0240. The third-order valence-corrected chi connectivity index (χ3v) is 3.14. The summed E-state index contributed by atoms with van der Waals surface area (Å²) >= 11 is 0. The Labute approximate surface area is 116 Å².